The first kappa shape index (κ1) is 9.31. The molecule has 0 saturated heterocycles. The summed E-state index contributed by atoms with van der Waals surface area (Å²) < 4.78 is 4.89. The highest BCUT2D eigenvalue weighted by Crippen LogP contribution is 2.19. The second-order valence-corrected chi connectivity index (χ2v) is 2.50. The van der Waals surface area contributed by atoms with Crippen molar-refractivity contribution in [2.24, 2.45) is 0 Å². The third-order valence-corrected chi connectivity index (χ3v) is 1.51. The molecule has 0 fully saturated rings. The van der Waals surface area contributed by atoms with Gasteiger partial charge in [0.25, 0.3) is 0 Å². The van der Waals surface area contributed by atoms with Crippen molar-refractivity contribution in [2.45, 2.75) is 6.42 Å². The van der Waals surface area contributed by atoms with E-state index in [1.54, 1.807) is 6.07 Å². The molecule has 1 rings (SSSR count). The molecule has 0 unspecified atom stereocenters. The van der Waals surface area contributed by atoms with Crippen molar-refractivity contribution >= 4 is 11.8 Å². The van der Waals surface area contributed by atoms with Gasteiger partial charge in [0.2, 0.25) is 0 Å². The summed E-state index contributed by atoms with van der Waals surface area (Å²) in [5.74, 6) is -0.246. The zero-order valence-corrected chi connectivity index (χ0v) is 7.15. The number of carboxylic acids is 1. The molecule has 0 aliphatic heterocycles. The van der Waals surface area contributed by atoms with E-state index in [1.807, 2.05) is 0 Å². The van der Waals surface area contributed by atoms with E-state index in [1.165, 1.54) is 13.3 Å². The molecular weight excluding hydrogens is 172 g/mol. The van der Waals surface area contributed by atoms with Gasteiger partial charge in [0, 0.05) is 6.20 Å². The van der Waals surface area contributed by atoms with E-state index >= 15 is 0 Å². The lowest BCUT2D eigenvalue weighted by Crippen LogP contribution is -2.03. The van der Waals surface area contributed by atoms with Crippen molar-refractivity contribution < 1.29 is 14.6 Å². The van der Waals surface area contributed by atoms with E-state index in [4.69, 9.17) is 15.6 Å². The van der Waals surface area contributed by atoms with E-state index in [2.05, 4.69) is 4.98 Å². The molecule has 0 amide bonds. The number of ether oxygens (including phenoxy) is 1. The smallest absolute Gasteiger partial charge is 0.307 e. The lowest BCUT2D eigenvalue weighted by Gasteiger charge is -2.04. The van der Waals surface area contributed by atoms with Gasteiger partial charge in [-0.25, -0.2) is 4.98 Å². The molecule has 0 aromatic carbocycles. The Morgan fingerprint density at radius 1 is 1.77 bits per heavy atom. The number of aromatic nitrogens is 1. The molecule has 0 spiro atoms. The number of aliphatic carboxylic acids is 1. The van der Waals surface area contributed by atoms with Crippen LogP contribution in [0.2, 0.25) is 0 Å². The fourth-order valence-electron chi connectivity index (χ4n) is 0.930. The van der Waals surface area contributed by atoms with Crippen LogP contribution < -0.4 is 10.5 Å². The minimum Gasteiger partial charge on any atom is -0.493 e. The molecule has 70 valence electrons. The van der Waals surface area contributed by atoms with Gasteiger partial charge in [-0.3, -0.25) is 4.79 Å². The van der Waals surface area contributed by atoms with Gasteiger partial charge >= 0.3 is 5.97 Å². The number of carbonyl (C=O) groups is 1. The summed E-state index contributed by atoms with van der Waals surface area (Å²) in [7, 11) is 1.46. The quantitative estimate of drug-likeness (QED) is 0.702. The number of nitrogens with two attached hydrogens (primary N) is 1. The molecule has 3 N–H and O–H groups in total. The van der Waals surface area contributed by atoms with Gasteiger partial charge in [-0.05, 0) is 11.6 Å². The highest BCUT2D eigenvalue weighted by atomic mass is 16.5. The molecule has 0 saturated carbocycles. The topological polar surface area (TPSA) is 85.4 Å². The summed E-state index contributed by atoms with van der Waals surface area (Å²) >= 11 is 0. The Morgan fingerprint density at radius 3 is 3.00 bits per heavy atom. The minimum absolute atomic E-state index is 0.0797. The van der Waals surface area contributed by atoms with Gasteiger partial charge in [-0.1, -0.05) is 0 Å². The molecule has 1 aromatic heterocycles. The Bertz CT molecular complexity index is 325. The van der Waals surface area contributed by atoms with Crippen LogP contribution in [0.5, 0.6) is 5.75 Å². The summed E-state index contributed by atoms with van der Waals surface area (Å²) in [6, 6.07) is 1.57. The van der Waals surface area contributed by atoms with Crippen molar-refractivity contribution in [3.05, 3.63) is 17.8 Å². The maximum atomic E-state index is 10.4. The van der Waals surface area contributed by atoms with E-state index in [9.17, 15) is 4.79 Å². The minimum atomic E-state index is -0.909. The second-order valence-electron chi connectivity index (χ2n) is 2.50. The standard InChI is InChI=1S/C8H10N2O3/c1-13-6-2-5(3-7(11)12)4-10-8(6)9/h2,4H,3H2,1H3,(H2,9,10)(H,11,12). The van der Waals surface area contributed by atoms with Gasteiger partial charge in [0.05, 0.1) is 13.5 Å². The lowest BCUT2D eigenvalue weighted by atomic mass is 10.2. The van der Waals surface area contributed by atoms with E-state index in [0.717, 1.165) is 0 Å². The Kier molecular flexibility index (Phi) is 2.69. The third kappa shape index (κ3) is 2.33. The van der Waals surface area contributed by atoms with Crippen molar-refractivity contribution in [3.8, 4) is 5.75 Å². The molecule has 0 aliphatic carbocycles. The van der Waals surface area contributed by atoms with Gasteiger partial charge < -0.3 is 15.6 Å². The maximum Gasteiger partial charge on any atom is 0.307 e. The monoisotopic (exact) mass is 182 g/mol. The Hall–Kier alpha value is -1.78. The number of hydrogen-bond acceptors (Lipinski definition) is 4. The number of nitrogen functional groups attached to an aromatic ring is 1. The molecule has 0 bridgehead atoms. The van der Waals surface area contributed by atoms with Crippen LogP contribution in [0.1, 0.15) is 5.56 Å². The molecule has 0 aliphatic rings. The summed E-state index contributed by atoms with van der Waals surface area (Å²) in [6.07, 6.45) is 1.34. The molecule has 13 heavy (non-hydrogen) atoms. The van der Waals surface area contributed by atoms with Gasteiger partial charge in [-0.15, -0.1) is 0 Å². The van der Waals surface area contributed by atoms with Crippen molar-refractivity contribution in [1.29, 1.82) is 0 Å². The predicted octanol–water partition coefficient (Wildman–Crippen LogP) is 0.299. The van der Waals surface area contributed by atoms with Gasteiger partial charge in [-0.2, -0.15) is 0 Å². The number of pyridine rings is 1. The van der Waals surface area contributed by atoms with Crippen molar-refractivity contribution in [1.82, 2.24) is 4.98 Å². The highest BCUT2D eigenvalue weighted by Gasteiger charge is 2.05. The molecular formula is C8H10N2O3. The normalized spacial score (nSPS) is 9.62. The Morgan fingerprint density at radius 2 is 2.46 bits per heavy atom. The molecule has 1 heterocycles. The molecule has 0 atom stereocenters. The lowest BCUT2D eigenvalue weighted by molar-refractivity contribution is -0.136. The number of nitrogens with zero attached hydrogens (tertiary/aromatic N) is 1. The van der Waals surface area contributed by atoms with Crippen LogP contribution in [0.15, 0.2) is 12.3 Å². The van der Waals surface area contributed by atoms with Crippen LogP contribution in [-0.4, -0.2) is 23.2 Å². The largest absolute Gasteiger partial charge is 0.493 e. The third-order valence-electron chi connectivity index (χ3n) is 1.51. The highest BCUT2D eigenvalue weighted by molar-refractivity contribution is 5.70. The number of carboxylic acid groups (broad SMARTS) is 1. The van der Waals surface area contributed by atoms with Crippen LogP contribution in [-0.2, 0) is 11.2 Å². The first-order valence-electron chi connectivity index (χ1n) is 3.63. The summed E-state index contributed by atoms with van der Waals surface area (Å²) in [4.78, 5) is 14.1. The zero-order chi connectivity index (χ0) is 9.84. The predicted molar refractivity (Wildman–Crippen MR) is 46.5 cm³/mol. The summed E-state index contributed by atoms with van der Waals surface area (Å²) in [5, 5.41) is 8.50. The first-order chi connectivity index (χ1) is 6.13. The number of hydrogen-bond donors (Lipinski definition) is 2. The number of methoxy groups -OCH3 is 1. The molecule has 5 nitrogen and oxygen atoms in total. The molecule has 5 heteroatoms. The van der Waals surface area contributed by atoms with Crippen LogP contribution in [0.3, 0.4) is 0 Å². The fraction of sp³-hybridized carbons (Fsp3) is 0.250. The Balaban J connectivity index is 2.92. The van der Waals surface area contributed by atoms with Crippen molar-refractivity contribution in [3.63, 3.8) is 0 Å². The van der Waals surface area contributed by atoms with Crippen LogP contribution >= 0.6 is 0 Å². The van der Waals surface area contributed by atoms with Crippen molar-refractivity contribution in [2.75, 3.05) is 12.8 Å². The SMILES string of the molecule is COc1cc(CC(=O)O)cnc1N. The first-order valence-corrected chi connectivity index (χ1v) is 3.63. The molecule has 1 aromatic rings. The van der Waals surface area contributed by atoms with E-state index in [-0.39, 0.29) is 12.2 Å². The van der Waals surface area contributed by atoms with E-state index < -0.39 is 5.97 Å². The summed E-state index contributed by atoms with van der Waals surface area (Å²) in [5.41, 5.74) is 6.02. The number of rotatable bonds is 3. The van der Waals surface area contributed by atoms with E-state index in [0.29, 0.717) is 11.3 Å². The average molecular weight is 182 g/mol. The van der Waals surface area contributed by atoms with Crippen LogP contribution in [0.4, 0.5) is 5.82 Å². The van der Waals surface area contributed by atoms with Crippen LogP contribution in [0.25, 0.3) is 0 Å². The fourth-order valence-corrected chi connectivity index (χ4v) is 0.930. The number of anilines is 1. The van der Waals surface area contributed by atoms with Gasteiger partial charge in [0.1, 0.15) is 0 Å². The zero-order valence-electron chi connectivity index (χ0n) is 7.15. The second kappa shape index (κ2) is 3.75. The Labute approximate surface area is 75.2 Å². The average Bonchev–Trinajstić information content (AvgIpc) is 2.07. The van der Waals surface area contributed by atoms with Crippen LogP contribution in [0, 0.1) is 0 Å². The summed E-state index contributed by atoms with van der Waals surface area (Å²) in [6.45, 7) is 0. The van der Waals surface area contributed by atoms with Gasteiger partial charge in [0.15, 0.2) is 11.6 Å². The maximum absolute atomic E-state index is 10.4. The molecule has 0 radical (unpaired) electrons.